The van der Waals surface area contributed by atoms with E-state index in [1.54, 1.807) is 24.3 Å². The van der Waals surface area contributed by atoms with Gasteiger partial charge in [0.25, 0.3) is 0 Å². The third kappa shape index (κ3) is 11.4. The summed E-state index contributed by atoms with van der Waals surface area (Å²) in [6.45, 7) is 8.00. The molecule has 8 rings (SSSR count). The molecule has 60 heavy (non-hydrogen) atoms. The lowest BCUT2D eigenvalue weighted by Crippen LogP contribution is -2.26. The minimum absolute atomic E-state index is 0.0685. The van der Waals surface area contributed by atoms with Gasteiger partial charge in [-0.25, -0.2) is 28.3 Å². The van der Waals surface area contributed by atoms with Crippen LogP contribution in [-0.4, -0.2) is 58.3 Å². The summed E-state index contributed by atoms with van der Waals surface area (Å²) in [5, 5.41) is 11.9. The van der Waals surface area contributed by atoms with Crippen molar-refractivity contribution in [3.05, 3.63) is 132 Å². The van der Waals surface area contributed by atoms with Crippen molar-refractivity contribution >= 4 is 58.2 Å². The maximum Gasteiger partial charge on any atom is 0.347 e. The number of methoxy groups -OCH3 is 2. The number of aromatic nitrogens is 4. The van der Waals surface area contributed by atoms with Crippen molar-refractivity contribution in [1.29, 1.82) is 0 Å². The molecule has 2 atom stereocenters. The second kappa shape index (κ2) is 21.4. The Bertz CT molecular complexity index is 2190. The van der Waals surface area contributed by atoms with E-state index in [9.17, 15) is 18.4 Å². The fraction of sp³-hybridized carbons (Fsp3) is 0.227. The Labute approximate surface area is 346 Å². The van der Waals surface area contributed by atoms with E-state index in [1.807, 2.05) is 100 Å². The van der Waals surface area contributed by atoms with Crippen LogP contribution in [0.4, 0.5) is 55.1 Å². The van der Waals surface area contributed by atoms with Gasteiger partial charge in [0.05, 0.1) is 26.6 Å². The van der Waals surface area contributed by atoms with Crippen LogP contribution in [0.15, 0.2) is 109 Å². The number of nitrogens with zero attached hydrogens (tertiary/aromatic N) is 4. The maximum atomic E-state index is 14.1. The Morgan fingerprint density at radius 1 is 0.567 bits per heavy atom. The van der Waals surface area contributed by atoms with Crippen LogP contribution >= 0.6 is 0 Å². The normalized spacial score (nSPS) is 13.9. The lowest BCUT2D eigenvalue weighted by atomic mass is 10.1. The van der Waals surface area contributed by atoms with E-state index in [1.165, 1.54) is 14.2 Å². The summed E-state index contributed by atoms with van der Waals surface area (Å²) in [5.74, 6) is -0.0621. The molecule has 0 radical (unpaired) electrons. The van der Waals surface area contributed by atoms with Crippen molar-refractivity contribution < 1.29 is 37.3 Å². The molecule has 14 nitrogen and oxygen atoms in total. The zero-order valence-corrected chi connectivity index (χ0v) is 34.0. The predicted molar refractivity (Wildman–Crippen MR) is 226 cm³/mol. The number of hydrogen-bond acceptors (Lipinski definition) is 14. The Balaban J connectivity index is 0.000000210. The third-order valence-corrected chi connectivity index (χ3v) is 8.47. The number of rotatable bonds is 10. The Morgan fingerprint density at radius 3 is 1.32 bits per heavy atom. The molecule has 0 fully saturated rings. The minimum atomic E-state index is -0.640. The second-order valence-electron chi connectivity index (χ2n) is 12.3. The van der Waals surface area contributed by atoms with Gasteiger partial charge in [-0.1, -0.05) is 64.1 Å². The quantitative estimate of drug-likeness (QED) is 0.0964. The smallest absolute Gasteiger partial charge is 0.347 e. The van der Waals surface area contributed by atoms with Gasteiger partial charge in [0.1, 0.15) is 11.5 Å². The van der Waals surface area contributed by atoms with Crippen LogP contribution in [0.1, 0.15) is 38.8 Å². The summed E-state index contributed by atoms with van der Waals surface area (Å²) in [6, 6.07) is 29.1. The number of carbonyl (C=O) groups excluding carboxylic acids is 2. The first kappa shape index (κ1) is 43.8. The predicted octanol–water partition coefficient (Wildman–Crippen LogP) is 9.21. The van der Waals surface area contributed by atoms with Gasteiger partial charge >= 0.3 is 11.9 Å². The zero-order valence-electron chi connectivity index (χ0n) is 34.0. The molecule has 0 saturated heterocycles. The molecule has 2 unspecified atom stereocenters. The molecular formula is C44H46F2N8O6. The van der Waals surface area contributed by atoms with E-state index < -0.39 is 35.8 Å². The second-order valence-corrected chi connectivity index (χ2v) is 12.3. The van der Waals surface area contributed by atoms with Crippen molar-refractivity contribution in [3.8, 4) is 11.5 Å². The van der Waals surface area contributed by atoms with Crippen molar-refractivity contribution in [2.75, 3.05) is 35.5 Å². The highest BCUT2D eigenvalue weighted by molar-refractivity contribution is 5.78. The SMILES string of the molecule is CC.CC.COC(=O)C1Cc2cc(Nc3ncc(F)c(Nc4ccccc4)n3)ccc2O1.COC(=O)C1Cc2cc(Nc3ncc(F)c(Nc4ccccc4)n3)ccc2O1. The maximum absolute atomic E-state index is 14.1. The van der Waals surface area contributed by atoms with Gasteiger partial charge in [-0.3, -0.25) is 0 Å². The summed E-state index contributed by atoms with van der Waals surface area (Å²) < 4.78 is 48.7. The molecule has 0 bridgehead atoms. The molecule has 16 heteroatoms. The number of hydrogen-bond donors (Lipinski definition) is 4. The molecule has 2 aliphatic heterocycles. The van der Waals surface area contributed by atoms with Crippen molar-refractivity contribution in [1.82, 2.24) is 19.9 Å². The van der Waals surface area contributed by atoms with Crippen molar-refractivity contribution in [3.63, 3.8) is 0 Å². The molecule has 0 aliphatic carbocycles. The highest BCUT2D eigenvalue weighted by Crippen LogP contribution is 2.34. The average molecular weight is 821 g/mol. The standard InChI is InChI=1S/2C20H17FN4O3.2C2H6/c2*1-27-19(26)17-10-12-9-14(7-8-16(12)28-17)24-20-22-11-15(21)18(25-20)23-13-5-3-2-4-6-13;2*1-2/h2*2-9,11,17H,10H2,1H3,(H2,22,23,24,25);2*1-2H3. The van der Waals surface area contributed by atoms with Gasteiger partial charge in [0, 0.05) is 46.7 Å². The zero-order chi connectivity index (χ0) is 43.0. The molecular weight excluding hydrogens is 775 g/mol. The molecule has 4 heterocycles. The first-order chi connectivity index (χ1) is 29.2. The van der Waals surface area contributed by atoms with Crippen LogP contribution in [0.2, 0.25) is 0 Å². The number of benzene rings is 4. The van der Waals surface area contributed by atoms with E-state index in [2.05, 4.69) is 41.2 Å². The number of ether oxygens (including phenoxy) is 4. The average Bonchev–Trinajstić information content (AvgIpc) is 3.92. The number of esters is 2. The molecule has 6 aromatic rings. The molecule has 4 N–H and O–H groups in total. The summed E-state index contributed by atoms with van der Waals surface area (Å²) in [7, 11) is 2.66. The van der Waals surface area contributed by atoms with Gasteiger partial charge in [-0.15, -0.1) is 0 Å². The third-order valence-electron chi connectivity index (χ3n) is 8.47. The summed E-state index contributed by atoms with van der Waals surface area (Å²) >= 11 is 0. The molecule has 0 spiro atoms. The number of halogens is 2. The lowest BCUT2D eigenvalue weighted by molar-refractivity contribution is -0.148. The number of carbonyl (C=O) groups is 2. The topological polar surface area (TPSA) is 171 Å². The Hall–Kier alpha value is -7.36. The molecule has 2 aromatic heterocycles. The highest BCUT2D eigenvalue weighted by Gasteiger charge is 2.31. The number of fused-ring (bicyclic) bond motifs is 2. The van der Waals surface area contributed by atoms with Gasteiger partial charge < -0.3 is 40.2 Å². The lowest BCUT2D eigenvalue weighted by Gasteiger charge is -2.10. The highest BCUT2D eigenvalue weighted by atomic mass is 19.1. The van der Waals surface area contributed by atoms with Gasteiger partial charge in [-0.05, 0) is 60.7 Å². The number of anilines is 8. The minimum Gasteiger partial charge on any atom is -0.478 e. The van der Waals surface area contributed by atoms with Crippen LogP contribution in [0.25, 0.3) is 0 Å². The fourth-order valence-corrected chi connectivity index (χ4v) is 5.78. The van der Waals surface area contributed by atoms with Crippen LogP contribution in [0.3, 0.4) is 0 Å². The monoisotopic (exact) mass is 820 g/mol. The van der Waals surface area contributed by atoms with Gasteiger partial charge in [-0.2, -0.15) is 9.97 Å². The van der Waals surface area contributed by atoms with Crippen molar-refractivity contribution in [2.24, 2.45) is 0 Å². The summed E-state index contributed by atoms with van der Waals surface area (Å²) in [5.41, 5.74) is 4.56. The van der Waals surface area contributed by atoms with Crippen LogP contribution in [-0.2, 0) is 31.9 Å². The van der Waals surface area contributed by atoms with Crippen LogP contribution < -0.4 is 30.7 Å². The molecule has 0 amide bonds. The van der Waals surface area contributed by atoms with E-state index in [-0.39, 0.29) is 23.5 Å². The molecule has 4 aromatic carbocycles. The molecule has 312 valence electrons. The van der Waals surface area contributed by atoms with E-state index in [4.69, 9.17) is 18.9 Å². The summed E-state index contributed by atoms with van der Waals surface area (Å²) in [4.78, 5) is 39.7. The number of para-hydroxylation sites is 2. The summed E-state index contributed by atoms with van der Waals surface area (Å²) in [6.07, 6.45) is 1.76. The molecule has 2 aliphatic rings. The van der Waals surface area contributed by atoms with E-state index in [0.717, 1.165) is 34.9 Å². The van der Waals surface area contributed by atoms with E-state index in [0.29, 0.717) is 35.7 Å². The van der Waals surface area contributed by atoms with E-state index >= 15 is 0 Å². The Kier molecular flexibility index (Phi) is 15.6. The van der Waals surface area contributed by atoms with Crippen molar-refractivity contribution in [2.45, 2.75) is 52.7 Å². The Morgan fingerprint density at radius 2 is 0.950 bits per heavy atom. The van der Waals surface area contributed by atoms with Crippen LogP contribution in [0, 0.1) is 11.6 Å². The first-order valence-corrected chi connectivity index (χ1v) is 19.2. The molecule has 0 saturated carbocycles. The fourth-order valence-electron chi connectivity index (χ4n) is 5.78. The van der Waals surface area contributed by atoms with Crippen LogP contribution in [0.5, 0.6) is 11.5 Å². The van der Waals surface area contributed by atoms with Gasteiger partial charge in [0.2, 0.25) is 11.9 Å². The largest absolute Gasteiger partial charge is 0.478 e. The first-order valence-electron chi connectivity index (χ1n) is 19.2. The van der Waals surface area contributed by atoms with Gasteiger partial charge in [0.15, 0.2) is 35.5 Å². The number of nitrogens with one attached hydrogen (secondary N) is 4.